The van der Waals surface area contributed by atoms with Crippen LogP contribution in [0, 0.1) is 13.8 Å². The third-order valence-electron chi connectivity index (χ3n) is 5.17. The summed E-state index contributed by atoms with van der Waals surface area (Å²) >= 11 is 0. The Morgan fingerprint density at radius 1 is 1.33 bits per heavy atom. The molecular weight excluding hydrogens is 306 g/mol. The van der Waals surface area contributed by atoms with Crippen molar-refractivity contribution in [1.29, 1.82) is 0 Å². The zero-order chi connectivity index (χ0) is 16.8. The van der Waals surface area contributed by atoms with Gasteiger partial charge < -0.3 is 19.9 Å². The number of rotatable bonds is 1. The molecule has 6 nitrogen and oxygen atoms in total. The van der Waals surface area contributed by atoms with Crippen LogP contribution in [0.3, 0.4) is 0 Å². The minimum atomic E-state index is -0.107. The van der Waals surface area contributed by atoms with Gasteiger partial charge in [-0.25, -0.2) is 0 Å². The quantitative estimate of drug-likeness (QED) is 0.834. The van der Waals surface area contributed by atoms with E-state index in [0.29, 0.717) is 18.7 Å². The molecule has 2 saturated heterocycles. The van der Waals surface area contributed by atoms with Gasteiger partial charge in [0.1, 0.15) is 6.61 Å². The van der Waals surface area contributed by atoms with Crippen molar-refractivity contribution in [3.63, 3.8) is 0 Å². The number of benzene rings is 1. The molecule has 3 heterocycles. The van der Waals surface area contributed by atoms with Crippen molar-refractivity contribution < 1.29 is 14.3 Å². The molecule has 0 saturated carbocycles. The van der Waals surface area contributed by atoms with Crippen LogP contribution in [-0.2, 0) is 9.53 Å². The maximum absolute atomic E-state index is 12.9. The summed E-state index contributed by atoms with van der Waals surface area (Å²) in [6.07, 6.45) is 0.769. The highest BCUT2D eigenvalue weighted by Gasteiger charge is 2.36. The molecule has 0 radical (unpaired) electrons. The first kappa shape index (κ1) is 15.2. The van der Waals surface area contributed by atoms with Gasteiger partial charge in [0.05, 0.1) is 12.1 Å². The van der Waals surface area contributed by atoms with E-state index >= 15 is 0 Å². The van der Waals surface area contributed by atoms with Crippen molar-refractivity contribution in [2.75, 3.05) is 19.7 Å². The maximum Gasteiger partial charge on any atom is 0.253 e. The van der Waals surface area contributed by atoms with E-state index in [4.69, 9.17) is 4.74 Å². The van der Waals surface area contributed by atoms with Gasteiger partial charge in [-0.05, 0) is 44.0 Å². The van der Waals surface area contributed by atoms with Gasteiger partial charge in [0.2, 0.25) is 5.91 Å². The molecule has 0 spiro atoms. The molecule has 0 bridgehead atoms. The molecule has 2 N–H and O–H groups in total. The molecule has 2 amide bonds. The topological polar surface area (TPSA) is 74.4 Å². The summed E-state index contributed by atoms with van der Waals surface area (Å²) in [6.45, 7) is 5.37. The number of carbonyl (C=O) groups excluding carboxylic acids is 2. The summed E-state index contributed by atoms with van der Waals surface area (Å²) in [5.74, 6) is -0.0983. The molecule has 24 heavy (non-hydrogen) atoms. The molecule has 2 aliphatic heterocycles. The van der Waals surface area contributed by atoms with Crippen LogP contribution in [0.15, 0.2) is 18.2 Å². The van der Waals surface area contributed by atoms with E-state index in [0.717, 1.165) is 23.0 Å². The molecule has 1 aromatic carbocycles. The number of hydrogen-bond donors (Lipinski definition) is 2. The smallest absolute Gasteiger partial charge is 0.253 e. The van der Waals surface area contributed by atoms with Crippen LogP contribution in [0.2, 0.25) is 0 Å². The molecule has 0 aliphatic carbocycles. The van der Waals surface area contributed by atoms with Crippen LogP contribution in [0.5, 0.6) is 0 Å². The fourth-order valence-corrected chi connectivity index (χ4v) is 3.66. The highest BCUT2D eigenvalue weighted by atomic mass is 16.5. The van der Waals surface area contributed by atoms with Crippen molar-refractivity contribution >= 4 is 22.7 Å². The number of piperidine rings is 1. The van der Waals surface area contributed by atoms with Crippen LogP contribution in [0.25, 0.3) is 10.9 Å². The number of fused-ring (bicyclic) bond motifs is 2. The molecule has 2 aliphatic rings. The lowest BCUT2D eigenvalue weighted by molar-refractivity contribution is -0.139. The molecule has 2 atom stereocenters. The second kappa shape index (κ2) is 5.63. The SMILES string of the molecule is Cc1[nH]c2ccc(C(=O)N3CC[C@H]4OCC(=O)N[C@H]4C3)cc2c1C. The first-order valence-electron chi connectivity index (χ1n) is 8.32. The molecule has 2 fully saturated rings. The fraction of sp³-hybridized carbons (Fsp3) is 0.444. The van der Waals surface area contributed by atoms with Gasteiger partial charge >= 0.3 is 0 Å². The van der Waals surface area contributed by atoms with Gasteiger partial charge in [-0.3, -0.25) is 9.59 Å². The first-order valence-corrected chi connectivity index (χ1v) is 8.32. The maximum atomic E-state index is 12.9. The Bertz CT molecular complexity index is 826. The summed E-state index contributed by atoms with van der Waals surface area (Å²) in [5.41, 5.74) is 4.03. The first-order chi connectivity index (χ1) is 11.5. The van der Waals surface area contributed by atoms with Crippen LogP contribution >= 0.6 is 0 Å². The summed E-state index contributed by atoms with van der Waals surface area (Å²) in [5, 5.41) is 4.02. The van der Waals surface area contributed by atoms with Crippen molar-refractivity contribution in [3.8, 4) is 0 Å². The van der Waals surface area contributed by atoms with Gasteiger partial charge in [-0.15, -0.1) is 0 Å². The average molecular weight is 327 g/mol. The van der Waals surface area contributed by atoms with Gasteiger partial charge in [-0.2, -0.15) is 0 Å². The normalized spacial score (nSPS) is 23.9. The Morgan fingerprint density at radius 2 is 2.17 bits per heavy atom. The van der Waals surface area contributed by atoms with Crippen LogP contribution in [0.4, 0.5) is 0 Å². The van der Waals surface area contributed by atoms with Crippen LogP contribution in [0.1, 0.15) is 28.0 Å². The Kier molecular flexibility index (Phi) is 3.57. The number of nitrogens with one attached hydrogen (secondary N) is 2. The predicted octanol–water partition coefficient (Wildman–Crippen LogP) is 1.51. The van der Waals surface area contributed by atoms with Crippen molar-refractivity contribution in [1.82, 2.24) is 15.2 Å². The number of hydrogen-bond acceptors (Lipinski definition) is 3. The lowest BCUT2D eigenvalue weighted by atomic mass is 9.99. The number of carbonyl (C=O) groups is 2. The Morgan fingerprint density at radius 3 is 3.00 bits per heavy atom. The monoisotopic (exact) mass is 327 g/mol. The number of aromatic nitrogens is 1. The molecule has 0 unspecified atom stereocenters. The summed E-state index contributed by atoms with van der Waals surface area (Å²) < 4.78 is 5.55. The number of likely N-dealkylation sites (tertiary alicyclic amines) is 1. The molecular formula is C18H21N3O3. The van der Waals surface area contributed by atoms with E-state index in [2.05, 4.69) is 17.2 Å². The Hall–Kier alpha value is -2.34. The molecule has 4 rings (SSSR count). The highest BCUT2D eigenvalue weighted by Crippen LogP contribution is 2.24. The number of H-pyrrole nitrogens is 1. The minimum absolute atomic E-state index is 0.00780. The van der Waals surface area contributed by atoms with E-state index in [1.165, 1.54) is 5.56 Å². The number of amides is 2. The lowest BCUT2D eigenvalue weighted by Crippen LogP contribution is -2.61. The third kappa shape index (κ3) is 2.47. The summed E-state index contributed by atoms with van der Waals surface area (Å²) in [4.78, 5) is 29.5. The van der Waals surface area contributed by atoms with E-state index in [9.17, 15) is 9.59 Å². The summed E-state index contributed by atoms with van der Waals surface area (Å²) in [6, 6.07) is 5.67. The van der Waals surface area contributed by atoms with E-state index in [-0.39, 0.29) is 30.6 Å². The zero-order valence-electron chi connectivity index (χ0n) is 13.9. The standard InChI is InChI=1S/C18H21N3O3/c1-10-11(2)19-14-4-3-12(7-13(10)14)18(23)21-6-5-16-15(8-21)20-17(22)9-24-16/h3-4,7,15-16,19H,5-6,8-9H2,1-2H3,(H,20,22)/t15-,16+/m0/s1. The zero-order valence-corrected chi connectivity index (χ0v) is 13.9. The largest absolute Gasteiger partial charge is 0.366 e. The lowest BCUT2D eigenvalue weighted by Gasteiger charge is -2.41. The van der Waals surface area contributed by atoms with Gasteiger partial charge in [0.15, 0.2) is 0 Å². The minimum Gasteiger partial charge on any atom is -0.366 e. The Labute approximate surface area is 140 Å². The van der Waals surface area contributed by atoms with Gasteiger partial charge in [0, 0.05) is 35.2 Å². The molecule has 1 aromatic heterocycles. The van der Waals surface area contributed by atoms with Crippen LogP contribution in [-0.4, -0.2) is 53.5 Å². The highest BCUT2D eigenvalue weighted by molar-refractivity contribution is 5.99. The van der Waals surface area contributed by atoms with Gasteiger partial charge in [-0.1, -0.05) is 0 Å². The summed E-state index contributed by atoms with van der Waals surface area (Å²) in [7, 11) is 0. The van der Waals surface area contributed by atoms with Crippen molar-refractivity contribution in [3.05, 3.63) is 35.0 Å². The van der Waals surface area contributed by atoms with E-state index < -0.39 is 0 Å². The van der Waals surface area contributed by atoms with Gasteiger partial charge in [0.25, 0.3) is 5.91 Å². The van der Waals surface area contributed by atoms with E-state index in [1.807, 2.05) is 30.0 Å². The molecule has 126 valence electrons. The molecule has 6 heteroatoms. The fourth-order valence-electron chi connectivity index (χ4n) is 3.66. The number of morpholine rings is 1. The average Bonchev–Trinajstić information content (AvgIpc) is 2.87. The van der Waals surface area contributed by atoms with Crippen molar-refractivity contribution in [2.24, 2.45) is 0 Å². The number of aryl methyl sites for hydroxylation is 2. The number of nitrogens with zero attached hydrogens (tertiary/aromatic N) is 1. The second-order valence-corrected chi connectivity index (χ2v) is 6.70. The third-order valence-corrected chi connectivity index (χ3v) is 5.17. The number of aromatic amines is 1. The van der Waals surface area contributed by atoms with Crippen molar-refractivity contribution in [2.45, 2.75) is 32.4 Å². The second-order valence-electron chi connectivity index (χ2n) is 6.70. The predicted molar refractivity (Wildman–Crippen MR) is 90.0 cm³/mol. The number of ether oxygens (including phenoxy) is 1. The Balaban J connectivity index is 1.57. The molecule has 2 aromatic rings. The van der Waals surface area contributed by atoms with E-state index in [1.54, 1.807) is 0 Å². The van der Waals surface area contributed by atoms with Crippen LogP contribution < -0.4 is 5.32 Å².